The first-order chi connectivity index (χ1) is 13.5. The Morgan fingerprint density at radius 3 is 2.07 bits per heavy atom. The molecular weight excluding hydrogens is 354 g/mol. The number of carbonyl (C=O) groups is 3. The van der Waals surface area contributed by atoms with Gasteiger partial charge in [-0.05, 0) is 44.7 Å². The van der Waals surface area contributed by atoms with Gasteiger partial charge >= 0.3 is 0 Å². The second kappa shape index (κ2) is 7.94. The number of aryl methyl sites for hydroxylation is 1. The fourth-order valence-corrected chi connectivity index (χ4v) is 4.65. The van der Waals surface area contributed by atoms with Crippen LogP contribution in [0.1, 0.15) is 37.7 Å². The molecule has 6 nitrogen and oxygen atoms in total. The van der Waals surface area contributed by atoms with Gasteiger partial charge < -0.3 is 14.7 Å². The molecule has 6 heteroatoms. The van der Waals surface area contributed by atoms with E-state index in [1.54, 1.807) is 4.90 Å². The number of rotatable bonds is 3. The van der Waals surface area contributed by atoms with Crippen molar-refractivity contribution in [1.29, 1.82) is 0 Å². The highest BCUT2D eigenvalue weighted by molar-refractivity contribution is 6.00. The van der Waals surface area contributed by atoms with E-state index < -0.39 is 0 Å². The Bertz CT molecular complexity index is 747. The van der Waals surface area contributed by atoms with Gasteiger partial charge in [0, 0.05) is 50.7 Å². The number of hydrogen-bond donors (Lipinski definition) is 0. The maximum atomic E-state index is 13.0. The van der Waals surface area contributed by atoms with Crippen molar-refractivity contribution in [2.24, 2.45) is 11.8 Å². The fraction of sp³-hybridized carbons (Fsp3) is 0.591. The van der Waals surface area contributed by atoms with E-state index in [9.17, 15) is 14.4 Å². The molecule has 0 aliphatic carbocycles. The topological polar surface area (TPSA) is 60.9 Å². The van der Waals surface area contributed by atoms with Crippen LogP contribution < -0.4 is 4.90 Å². The molecule has 0 unspecified atom stereocenters. The van der Waals surface area contributed by atoms with Gasteiger partial charge in [0.25, 0.3) is 0 Å². The van der Waals surface area contributed by atoms with Gasteiger partial charge in [0.15, 0.2) is 0 Å². The van der Waals surface area contributed by atoms with Crippen molar-refractivity contribution < 1.29 is 14.4 Å². The molecule has 28 heavy (non-hydrogen) atoms. The summed E-state index contributed by atoms with van der Waals surface area (Å²) in [6.07, 6.45) is 3.97. The number of carbonyl (C=O) groups excluding carboxylic acids is 3. The lowest BCUT2D eigenvalue weighted by molar-refractivity contribution is -0.142. The minimum atomic E-state index is -0.278. The van der Waals surface area contributed by atoms with E-state index in [1.807, 2.05) is 41.0 Å². The first-order valence-corrected chi connectivity index (χ1v) is 10.5. The third kappa shape index (κ3) is 3.77. The van der Waals surface area contributed by atoms with E-state index in [0.29, 0.717) is 19.6 Å². The summed E-state index contributed by atoms with van der Waals surface area (Å²) in [6.45, 7) is 5.48. The van der Waals surface area contributed by atoms with E-state index in [-0.39, 0.29) is 36.0 Å². The zero-order chi connectivity index (χ0) is 19.7. The summed E-state index contributed by atoms with van der Waals surface area (Å²) in [6, 6.07) is 7.85. The molecule has 3 aliphatic rings. The standard InChI is InChI=1S/C22H29N3O3/c1-16-4-6-19(7-5-16)25-15-18(14-20(25)26)22(28)24-12-8-17(9-13-24)21(27)23-10-2-3-11-23/h4-7,17-18H,2-3,8-15H2,1H3/t18-/m0/s1. The normalized spacial score (nSPS) is 23.5. The van der Waals surface area contributed by atoms with Crippen molar-refractivity contribution in [3.05, 3.63) is 29.8 Å². The molecule has 1 aromatic rings. The Kier molecular flexibility index (Phi) is 5.38. The van der Waals surface area contributed by atoms with Crippen LogP contribution in [-0.4, -0.2) is 60.2 Å². The van der Waals surface area contributed by atoms with Crippen molar-refractivity contribution in [3.8, 4) is 0 Å². The molecule has 0 radical (unpaired) electrons. The molecule has 1 atom stereocenters. The molecule has 3 aliphatic heterocycles. The van der Waals surface area contributed by atoms with E-state index in [0.717, 1.165) is 50.0 Å². The number of anilines is 1. The Labute approximate surface area is 166 Å². The third-order valence-electron chi connectivity index (χ3n) is 6.39. The van der Waals surface area contributed by atoms with Crippen LogP contribution in [0.15, 0.2) is 24.3 Å². The Morgan fingerprint density at radius 2 is 1.43 bits per heavy atom. The van der Waals surface area contributed by atoms with E-state index in [4.69, 9.17) is 0 Å². The summed E-state index contributed by atoms with van der Waals surface area (Å²) >= 11 is 0. The molecule has 150 valence electrons. The SMILES string of the molecule is Cc1ccc(N2C[C@@H](C(=O)N3CCC(C(=O)N4CCCC4)CC3)CC2=O)cc1. The molecule has 3 saturated heterocycles. The lowest BCUT2D eigenvalue weighted by Gasteiger charge is -2.34. The molecule has 3 fully saturated rings. The number of nitrogens with zero attached hydrogens (tertiary/aromatic N) is 3. The number of hydrogen-bond acceptors (Lipinski definition) is 3. The number of piperidine rings is 1. The van der Waals surface area contributed by atoms with Crippen LogP contribution in [0.2, 0.25) is 0 Å². The van der Waals surface area contributed by atoms with Crippen molar-refractivity contribution >= 4 is 23.4 Å². The quantitative estimate of drug-likeness (QED) is 0.804. The molecule has 3 amide bonds. The summed E-state index contributed by atoms with van der Waals surface area (Å²) in [5.74, 6) is 0.124. The third-order valence-corrected chi connectivity index (χ3v) is 6.39. The van der Waals surface area contributed by atoms with Crippen molar-refractivity contribution in [1.82, 2.24) is 9.80 Å². The van der Waals surface area contributed by atoms with Crippen LogP contribution in [0.25, 0.3) is 0 Å². The van der Waals surface area contributed by atoms with Gasteiger partial charge in [-0.15, -0.1) is 0 Å². The average molecular weight is 383 g/mol. The monoisotopic (exact) mass is 383 g/mol. The van der Waals surface area contributed by atoms with E-state index in [1.165, 1.54) is 0 Å². The van der Waals surface area contributed by atoms with Crippen LogP contribution in [0.3, 0.4) is 0 Å². The van der Waals surface area contributed by atoms with Gasteiger partial charge in [-0.25, -0.2) is 0 Å². The highest BCUT2D eigenvalue weighted by Gasteiger charge is 2.39. The first kappa shape index (κ1) is 19.0. The molecule has 0 N–H and O–H groups in total. The molecule has 0 saturated carbocycles. The first-order valence-electron chi connectivity index (χ1n) is 10.5. The zero-order valence-corrected chi connectivity index (χ0v) is 16.6. The van der Waals surface area contributed by atoms with Crippen LogP contribution in [-0.2, 0) is 14.4 Å². The van der Waals surface area contributed by atoms with Crippen molar-refractivity contribution in [2.45, 2.75) is 39.0 Å². The Balaban J connectivity index is 1.32. The summed E-state index contributed by atoms with van der Waals surface area (Å²) in [7, 11) is 0. The van der Waals surface area contributed by atoms with Crippen molar-refractivity contribution in [2.75, 3.05) is 37.6 Å². The minimum Gasteiger partial charge on any atom is -0.342 e. The van der Waals surface area contributed by atoms with Gasteiger partial charge in [0.05, 0.1) is 5.92 Å². The largest absolute Gasteiger partial charge is 0.342 e. The molecule has 4 rings (SSSR count). The van der Waals surface area contributed by atoms with Gasteiger partial charge in [0.1, 0.15) is 0 Å². The second-order valence-electron chi connectivity index (χ2n) is 8.37. The predicted molar refractivity (Wildman–Crippen MR) is 107 cm³/mol. The number of likely N-dealkylation sites (tertiary alicyclic amines) is 2. The van der Waals surface area contributed by atoms with Gasteiger partial charge in [0.2, 0.25) is 17.7 Å². The summed E-state index contributed by atoms with van der Waals surface area (Å²) in [5, 5.41) is 0. The van der Waals surface area contributed by atoms with Gasteiger partial charge in [-0.1, -0.05) is 17.7 Å². The zero-order valence-electron chi connectivity index (χ0n) is 16.6. The van der Waals surface area contributed by atoms with Crippen molar-refractivity contribution in [3.63, 3.8) is 0 Å². The maximum Gasteiger partial charge on any atom is 0.228 e. The summed E-state index contributed by atoms with van der Waals surface area (Å²) < 4.78 is 0. The second-order valence-corrected chi connectivity index (χ2v) is 8.37. The Hall–Kier alpha value is -2.37. The molecule has 0 bridgehead atoms. The molecule has 0 spiro atoms. The van der Waals surface area contributed by atoms with Gasteiger partial charge in [-0.3, -0.25) is 14.4 Å². The lowest BCUT2D eigenvalue weighted by Crippen LogP contribution is -2.46. The smallest absolute Gasteiger partial charge is 0.228 e. The fourth-order valence-electron chi connectivity index (χ4n) is 4.65. The number of amides is 3. The average Bonchev–Trinajstić information content (AvgIpc) is 3.38. The number of benzene rings is 1. The lowest BCUT2D eigenvalue weighted by atomic mass is 9.94. The molecular formula is C22H29N3O3. The van der Waals surface area contributed by atoms with E-state index >= 15 is 0 Å². The van der Waals surface area contributed by atoms with Crippen LogP contribution in [0.5, 0.6) is 0 Å². The molecule has 3 heterocycles. The van der Waals surface area contributed by atoms with Crippen LogP contribution in [0.4, 0.5) is 5.69 Å². The molecule has 1 aromatic carbocycles. The van der Waals surface area contributed by atoms with Gasteiger partial charge in [-0.2, -0.15) is 0 Å². The summed E-state index contributed by atoms with van der Waals surface area (Å²) in [4.78, 5) is 43.6. The highest BCUT2D eigenvalue weighted by Crippen LogP contribution is 2.29. The highest BCUT2D eigenvalue weighted by atomic mass is 16.2. The van der Waals surface area contributed by atoms with E-state index in [2.05, 4.69) is 0 Å². The van der Waals surface area contributed by atoms with Crippen LogP contribution >= 0.6 is 0 Å². The summed E-state index contributed by atoms with van der Waals surface area (Å²) in [5.41, 5.74) is 2.01. The minimum absolute atomic E-state index is 0.0151. The maximum absolute atomic E-state index is 13.0. The Morgan fingerprint density at radius 1 is 0.857 bits per heavy atom. The predicted octanol–water partition coefficient (Wildman–Crippen LogP) is 2.21. The molecule has 0 aromatic heterocycles. The van der Waals surface area contributed by atoms with Crippen LogP contribution in [0, 0.1) is 18.8 Å².